The van der Waals surface area contributed by atoms with Crippen LogP contribution in [0.1, 0.15) is 32.6 Å². The Labute approximate surface area is 120 Å². The molecule has 2 atom stereocenters. The van der Waals surface area contributed by atoms with Gasteiger partial charge in [-0.05, 0) is 34.7 Å². The summed E-state index contributed by atoms with van der Waals surface area (Å²) in [5.74, 6) is 0.702. The molecule has 2 rings (SSSR count). The highest BCUT2D eigenvalue weighted by Gasteiger charge is 2.20. The van der Waals surface area contributed by atoms with Crippen molar-refractivity contribution in [2.75, 3.05) is 6.54 Å². The van der Waals surface area contributed by atoms with E-state index in [1.54, 1.807) is 6.20 Å². The number of halogens is 1. The SMILES string of the molecule is CC1CCCCC1NCCn1cc(Br)c(=O)[nH]c1=O. The zero-order valence-electron chi connectivity index (χ0n) is 11.1. The Morgan fingerprint density at radius 2 is 2.16 bits per heavy atom. The van der Waals surface area contributed by atoms with Crippen LogP contribution in [-0.4, -0.2) is 22.1 Å². The van der Waals surface area contributed by atoms with E-state index in [-0.39, 0.29) is 11.2 Å². The van der Waals surface area contributed by atoms with Crippen molar-refractivity contribution in [2.45, 2.75) is 45.2 Å². The van der Waals surface area contributed by atoms with Crippen LogP contribution in [0.2, 0.25) is 0 Å². The Balaban J connectivity index is 1.90. The summed E-state index contributed by atoms with van der Waals surface area (Å²) in [5.41, 5.74) is -0.734. The van der Waals surface area contributed by atoms with Crippen molar-refractivity contribution >= 4 is 15.9 Å². The van der Waals surface area contributed by atoms with Crippen LogP contribution in [0.5, 0.6) is 0 Å². The second-order valence-electron chi connectivity index (χ2n) is 5.25. The minimum absolute atomic E-state index is 0.355. The molecule has 1 saturated carbocycles. The van der Waals surface area contributed by atoms with Gasteiger partial charge in [0.05, 0.1) is 4.47 Å². The van der Waals surface area contributed by atoms with E-state index in [4.69, 9.17) is 0 Å². The van der Waals surface area contributed by atoms with E-state index in [0.29, 0.717) is 23.0 Å². The minimum atomic E-state index is -0.380. The van der Waals surface area contributed by atoms with Crippen molar-refractivity contribution in [1.82, 2.24) is 14.9 Å². The lowest BCUT2D eigenvalue weighted by atomic mass is 9.86. The number of aromatic nitrogens is 2. The monoisotopic (exact) mass is 329 g/mol. The predicted molar refractivity (Wildman–Crippen MR) is 78.4 cm³/mol. The quantitative estimate of drug-likeness (QED) is 0.879. The first-order chi connectivity index (χ1) is 9.08. The Bertz CT molecular complexity index is 537. The zero-order chi connectivity index (χ0) is 13.8. The maximum Gasteiger partial charge on any atom is 0.328 e. The highest BCUT2D eigenvalue weighted by atomic mass is 79.9. The van der Waals surface area contributed by atoms with Gasteiger partial charge in [0.25, 0.3) is 5.56 Å². The van der Waals surface area contributed by atoms with Crippen LogP contribution in [0.25, 0.3) is 0 Å². The molecule has 5 nitrogen and oxygen atoms in total. The highest BCUT2D eigenvalue weighted by Crippen LogP contribution is 2.23. The van der Waals surface area contributed by atoms with Crippen LogP contribution in [0.4, 0.5) is 0 Å². The first-order valence-electron chi connectivity index (χ1n) is 6.80. The third-order valence-corrected chi connectivity index (χ3v) is 4.40. The molecule has 19 heavy (non-hydrogen) atoms. The smallest absolute Gasteiger partial charge is 0.312 e. The largest absolute Gasteiger partial charge is 0.328 e. The molecule has 0 aromatic carbocycles. The number of H-pyrrole nitrogens is 1. The van der Waals surface area contributed by atoms with Crippen LogP contribution in [-0.2, 0) is 6.54 Å². The van der Waals surface area contributed by atoms with Gasteiger partial charge in [0.15, 0.2) is 0 Å². The lowest BCUT2D eigenvalue weighted by Gasteiger charge is -2.29. The summed E-state index contributed by atoms with van der Waals surface area (Å²) in [7, 11) is 0. The summed E-state index contributed by atoms with van der Waals surface area (Å²) in [6.07, 6.45) is 6.65. The number of hydrogen-bond acceptors (Lipinski definition) is 3. The molecule has 1 aliphatic carbocycles. The van der Waals surface area contributed by atoms with E-state index >= 15 is 0 Å². The Morgan fingerprint density at radius 1 is 1.42 bits per heavy atom. The molecule has 0 radical (unpaired) electrons. The number of nitrogens with one attached hydrogen (secondary N) is 2. The topological polar surface area (TPSA) is 66.9 Å². The van der Waals surface area contributed by atoms with Crippen molar-refractivity contribution in [2.24, 2.45) is 5.92 Å². The number of hydrogen-bond donors (Lipinski definition) is 2. The summed E-state index contributed by atoms with van der Waals surface area (Å²) in [6.45, 7) is 3.59. The van der Waals surface area contributed by atoms with Gasteiger partial charge in [0.1, 0.15) is 0 Å². The van der Waals surface area contributed by atoms with Gasteiger partial charge in [-0.25, -0.2) is 4.79 Å². The lowest BCUT2D eigenvalue weighted by molar-refractivity contribution is 0.278. The van der Waals surface area contributed by atoms with Gasteiger partial charge < -0.3 is 5.32 Å². The summed E-state index contributed by atoms with van der Waals surface area (Å²) in [5, 5.41) is 3.51. The zero-order valence-corrected chi connectivity index (χ0v) is 12.7. The van der Waals surface area contributed by atoms with Gasteiger partial charge in [0, 0.05) is 25.3 Å². The summed E-state index contributed by atoms with van der Waals surface area (Å²) < 4.78 is 1.91. The van der Waals surface area contributed by atoms with Crippen LogP contribution >= 0.6 is 15.9 Å². The molecule has 1 aromatic rings. The van der Waals surface area contributed by atoms with Crippen LogP contribution < -0.4 is 16.6 Å². The molecule has 1 heterocycles. The van der Waals surface area contributed by atoms with E-state index in [2.05, 4.69) is 33.2 Å². The van der Waals surface area contributed by atoms with Crippen LogP contribution in [0, 0.1) is 5.92 Å². The summed E-state index contributed by atoms with van der Waals surface area (Å²) >= 11 is 3.13. The molecule has 2 N–H and O–H groups in total. The average molecular weight is 330 g/mol. The van der Waals surface area contributed by atoms with E-state index in [0.717, 1.165) is 6.54 Å². The number of nitrogens with zero attached hydrogens (tertiary/aromatic N) is 1. The molecule has 106 valence electrons. The fraction of sp³-hybridized carbons (Fsp3) is 0.692. The molecule has 1 aromatic heterocycles. The molecular formula is C13H20BrN3O2. The van der Waals surface area contributed by atoms with Crippen LogP contribution in [0.3, 0.4) is 0 Å². The van der Waals surface area contributed by atoms with Gasteiger partial charge in [-0.1, -0.05) is 19.8 Å². The Morgan fingerprint density at radius 3 is 2.89 bits per heavy atom. The van der Waals surface area contributed by atoms with Crippen molar-refractivity contribution in [3.63, 3.8) is 0 Å². The van der Waals surface area contributed by atoms with E-state index in [1.807, 2.05) is 0 Å². The fourth-order valence-corrected chi connectivity index (χ4v) is 2.98. The minimum Gasteiger partial charge on any atom is -0.312 e. The first kappa shape index (κ1) is 14.5. The van der Waals surface area contributed by atoms with Crippen molar-refractivity contribution in [1.29, 1.82) is 0 Å². The van der Waals surface area contributed by atoms with E-state index in [9.17, 15) is 9.59 Å². The molecule has 0 amide bonds. The third kappa shape index (κ3) is 3.79. The van der Waals surface area contributed by atoms with Crippen molar-refractivity contribution < 1.29 is 0 Å². The molecule has 0 spiro atoms. The van der Waals surface area contributed by atoms with Crippen LogP contribution in [0.15, 0.2) is 20.3 Å². The Kier molecular flexibility index (Phi) is 4.99. The first-order valence-corrected chi connectivity index (χ1v) is 7.60. The summed E-state index contributed by atoms with van der Waals surface area (Å²) in [4.78, 5) is 25.1. The second-order valence-corrected chi connectivity index (χ2v) is 6.11. The van der Waals surface area contributed by atoms with E-state index in [1.165, 1.54) is 30.3 Å². The molecule has 1 fully saturated rings. The Hall–Kier alpha value is -0.880. The van der Waals surface area contributed by atoms with Crippen molar-refractivity contribution in [3.05, 3.63) is 31.5 Å². The summed E-state index contributed by atoms with van der Waals surface area (Å²) in [6, 6.07) is 0.552. The second kappa shape index (κ2) is 6.52. The molecule has 1 aliphatic rings. The highest BCUT2D eigenvalue weighted by molar-refractivity contribution is 9.10. The molecule has 6 heteroatoms. The normalized spacial score (nSPS) is 23.5. The molecule has 2 unspecified atom stereocenters. The molecular weight excluding hydrogens is 310 g/mol. The molecule has 0 aliphatic heterocycles. The fourth-order valence-electron chi connectivity index (χ4n) is 2.64. The number of rotatable bonds is 4. The predicted octanol–water partition coefficient (Wildman–Crippen LogP) is 1.47. The van der Waals surface area contributed by atoms with Gasteiger partial charge in [-0.3, -0.25) is 14.3 Å². The van der Waals surface area contributed by atoms with Gasteiger partial charge in [-0.2, -0.15) is 0 Å². The maximum absolute atomic E-state index is 11.6. The molecule has 0 saturated heterocycles. The van der Waals surface area contributed by atoms with Gasteiger partial charge in [0.2, 0.25) is 0 Å². The van der Waals surface area contributed by atoms with Gasteiger partial charge in [-0.15, -0.1) is 0 Å². The number of aromatic amines is 1. The third-order valence-electron chi connectivity index (χ3n) is 3.84. The standard InChI is InChI=1S/C13H20BrN3O2/c1-9-4-2-3-5-11(9)15-6-7-17-8-10(14)12(18)16-13(17)19/h8-9,11,15H,2-7H2,1H3,(H,16,18,19). The van der Waals surface area contributed by atoms with Crippen molar-refractivity contribution in [3.8, 4) is 0 Å². The lowest BCUT2D eigenvalue weighted by Crippen LogP contribution is -2.40. The average Bonchev–Trinajstić information content (AvgIpc) is 2.38. The van der Waals surface area contributed by atoms with E-state index < -0.39 is 0 Å². The maximum atomic E-state index is 11.6. The molecule has 0 bridgehead atoms. The van der Waals surface area contributed by atoms with Gasteiger partial charge >= 0.3 is 5.69 Å².